The second-order valence-electron chi connectivity index (χ2n) is 13.9. The molecule has 0 saturated carbocycles. The molecule has 2 N–H and O–H groups in total. The summed E-state index contributed by atoms with van der Waals surface area (Å²) in [6.07, 6.45) is 3.84. The van der Waals surface area contributed by atoms with Crippen LogP contribution in [0.5, 0.6) is 0 Å². The van der Waals surface area contributed by atoms with E-state index in [0.717, 1.165) is 33.5 Å². The van der Waals surface area contributed by atoms with Gasteiger partial charge in [-0.25, -0.2) is 9.78 Å². The van der Waals surface area contributed by atoms with Crippen molar-refractivity contribution in [2.45, 2.75) is 71.4 Å². The number of piperidine rings is 1. The van der Waals surface area contributed by atoms with Crippen LogP contribution in [0.1, 0.15) is 50.4 Å². The van der Waals surface area contributed by atoms with Crippen molar-refractivity contribution >= 4 is 28.7 Å². The Morgan fingerprint density at radius 3 is 2.37 bits per heavy atom. The summed E-state index contributed by atoms with van der Waals surface area (Å²) in [5.74, 6) is 0. The van der Waals surface area contributed by atoms with Crippen LogP contribution in [0.4, 0.5) is 4.79 Å². The van der Waals surface area contributed by atoms with E-state index in [4.69, 9.17) is 16.3 Å². The number of likely N-dealkylation sites (tertiary alicyclic amines) is 1. The normalized spacial score (nSPS) is 15.0. The number of halogens is 1. The SMILES string of the molecule is Cc1cc(-c2ccc(CN3CCC(O)(Cn4cnc5c(-c6ccc(CNC(=O)OC(C)(C)C)cc6)n(C)nc5c4=O)CC3)c(Cl)c2)ccn1. The number of alkyl carbamates (subject to hydrolysis) is 1. The van der Waals surface area contributed by atoms with Gasteiger partial charge in [-0.1, -0.05) is 48.0 Å². The predicted molar refractivity (Wildman–Crippen MR) is 190 cm³/mol. The minimum Gasteiger partial charge on any atom is -0.444 e. The number of aromatic nitrogens is 5. The number of pyridine rings is 1. The van der Waals surface area contributed by atoms with Crippen LogP contribution in [-0.4, -0.2) is 64.7 Å². The van der Waals surface area contributed by atoms with Crippen LogP contribution < -0.4 is 10.9 Å². The summed E-state index contributed by atoms with van der Waals surface area (Å²) in [7, 11) is 1.78. The number of ether oxygens (including phenoxy) is 1. The average molecular weight is 684 g/mol. The number of carbonyl (C=O) groups excluding carboxylic acids is 1. The summed E-state index contributed by atoms with van der Waals surface area (Å²) in [6, 6.07) is 17.8. The van der Waals surface area contributed by atoms with Gasteiger partial charge in [-0.05, 0) is 81.0 Å². The average Bonchev–Trinajstić information content (AvgIpc) is 3.39. The van der Waals surface area contributed by atoms with Crippen LogP contribution in [0.2, 0.25) is 5.02 Å². The van der Waals surface area contributed by atoms with E-state index < -0.39 is 17.3 Å². The standard InChI is InChI=1S/C37H42ClN7O4/c1-24-18-28(12-15-39-24)27-10-11-29(30(38)19-27)21-44-16-13-37(48,14-17-44)22-45-23-41-31-32(34(45)46)42-43(5)33(31)26-8-6-25(7-9-26)20-40-35(47)49-36(2,3)4/h6-12,15,18-19,23,48H,13-14,16-17,20-22H2,1-5H3,(H,40,47). The molecule has 0 aliphatic carbocycles. The molecule has 2 aromatic carbocycles. The second kappa shape index (κ2) is 13.7. The van der Waals surface area contributed by atoms with Crippen LogP contribution in [0.25, 0.3) is 33.4 Å². The zero-order valence-corrected chi connectivity index (χ0v) is 29.3. The molecule has 1 aliphatic heterocycles. The van der Waals surface area contributed by atoms with Gasteiger partial charge in [-0.15, -0.1) is 0 Å². The number of hydrogen-bond donors (Lipinski definition) is 2. The van der Waals surface area contributed by atoms with Crippen molar-refractivity contribution < 1.29 is 14.6 Å². The Labute approximate surface area is 290 Å². The Morgan fingerprint density at radius 1 is 1.00 bits per heavy atom. The molecule has 5 aromatic rings. The molecule has 49 heavy (non-hydrogen) atoms. The number of aliphatic hydroxyl groups is 1. The molecule has 1 aliphatic rings. The van der Waals surface area contributed by atoms with E-state index in [1.807, 2.05) is 70.2 Å². The summed E-state index contributed by atoms with van der Waals surface area (Å²) in [4.78, 5) is 36.8. The highest BCUT2D eigenvalue weighted by Gasteiger charge is 2.33. The van der Waals surface area contributed by atoms with Crippen molar-refractivity contribution in [1.29, 1.82) is 0 Å². The van der Waals surface area contributed by atoms with E-state index in [-0.39, 0.29) is 17.6 Å². The Kier molecular flexibility index (Phi) is 9.61. The molecule has 12 heteroatoms. The number of hydrogen-bond acceptors (Lipinski definition) is 8. The Hall–Kier alpha value is -4.58. The third-order valence-electron chi connectivity index (χ3n) is 8.80. The molecule has 0 bridgehead atoms. The van der Waals surface area contributed by atoms with Crippen LogP contribution in [-0.2, 0) is 31.4 Å². The van der Waals surface area contributed by atoms with Gasteiger partial charge in [0.2, 0.25) is 0 Å². The molecule has 256 valence electrons. The van der Waals surface area contributed by atoms with Crippen molar-refractivity contribution in [2.75, 3.05) is 13.1 Å². The largest absolute Gasteiger partial charge is 0.444 e. The molecule has 11 nitrogen and oxygen atoms in total. The fourth-order valence-electron chi connectivity index (χ4n) is 6.22. The summed E-state index contributed by atoms with van der Waals surface area (Å²) >= 11 is 6.70. The van der Waals surface area contributed by atoms with E-state index in [1.54, 1.807) is 17.9 Å². The van der Waals surface area contributed by atoms with Gasteiger partial charge in [0.05, 0.1) is 24.2 Å². The molecule has 1 amide bonds. The fraction of sp³-hybridized carbons (Fsp3) is 0.378. The molecule has 3 aromatic heterocycles. The maximum atomic E-state index is 13.6. The molecule has 0 radical (unpaired) electrons. The first-order valence-corrected chi connectivity index (χ1v) is 16.8. The molecular formula is C37H42ClN7O4. The van der Waals surface area contributed by atoms with E-state index >= 15 is 0 Å². The zero-order valence-electron chi connectivity index (χ0n) is 28.5. The van der Waals surface area contributed by atoms with Gasteiger partial charge >= 0.3 is 6.09 Å². The molecule has 1 saturated heterocycles. The fourth-order valence-corrected chi connectivity index (χ4v) is 6.46. The summed E-state index contributed by atoms with van der Waals surface area (Å²) in [6.45, 7) is 9.88. The lowest BCUT2D eigenvalue weighted by atomic mass is 9.91. The number of nitrogens with one attached hydrogen (secondary N) is 1. The molecule has 6 rings (SSSR count). The lowest BCUT2D eigenvalue weighted by Gasteiger charge is -2.38. The molecule has 0 unspecified atom stereocenters. The van der Waals surface area contributed by atoms with E-state index in [2.05, 4.69) is 37.4 Å². The number of benzene rings is 2. The Balaban J connectivity index is 1.09. The summed E-state index contributed by atoms with van der Waals surface area (Å²) in [5.41, 5.74) is 5.38. The number of amides is 1. The van der Waals surface area contributed by atoms with Crippen molar-refractivity contribution in [3.63, 3.8) is 0 Å². The van der Waals surface area contributed by atoms with Crippen molar-refractivity contribution in [1.82, 2.24) is 34.5 Å². The van der Waals surface area contributed by atoms with Crippen molar-refractivity contribution in [3.05, 3.63) is 99.3 Å². The molecule has 0 spiro atoms. The van der Waals surface area contributed by atoms with E-state index in [9.17, 15) is 14.7 Å². The highest BCUT2D eigenvalue weighted by atomic mass is 35.5. The number of rotatable bonds is 8. The summed E-state index contributed by atoms with van der Waals surface area (Å²) in [5, 5.41) is 19.5. The lowest BCUT2D eigenvalue weighted by molar-refractivity contribution is -0.0364. The third-order valence-corrected chi connectivity index (χ3v) is 9.16. The van der Waals surface area contributed by atoms with Crippen LogP contribution in [0.3, 0.4) is 0 Å². The van der Waals surface area contributed by atoms with Gasteiger partial charge in [-0.3, -0.25) is 23.9 Å². The smallest absolute Gasteiger partial charge is 0.407 e. The maximum absolute atomic E-state index is 13.6. The minimum absolute atomic E-state index is 0.134. The maximum Gasteiger partial charge on any atom is 0.407 e. The van der Waals surface area contributed by atoms with E-state index in [0.29, 0.717) is 55.3 Å². The van der Waals surface area contributed by atoms with Crippen molar-refractivity contribution in [2.24, 2.45) is 7.05 Å². The highest BCUT2D eigenvalue weighted by Crippen LogP contribution is 2.30. The first-order valence-electron chi connectivity index (χ1n) is 16.4. The van der Waals surface area contributed by atoms with Gasteiger partial charge in [0, 0.05) is 55.7 Å². The lowest BCUT2D eigenvalue weighted by Crippen LogP contribution is -2.47. The number of nitrogens with zero attached hydrogens (tertiary/aromatic N) is 6. The van der Waals surface area contributed by atoms with Crippen LogP contribution >= 0.6 is 11.6 Å². The van der Waals surface area contributed by atoms with Crippen LogP contribution in [0.15, 0.2) is 71.9 Å². The molecule has 0 atom stereocenters. The van der Waals surface area contributed by atoms with E-state index in [1.165, 1.54) is 10.9 Å². The molecule has 1 fully saturated rings. The van der Waals surface area contributed by atoms with Gasteiger partial charge < -0.3 is 15.2 Å². The third kappa shape index (κ3) is 8.01. The van der Waals surface area contributed by atoms with Crippen LogP contribution in [0, 0.1) is 6.92 Å². The molecule has 4 heterocycles. The minimum atomic E-state index is -1.05. The number of carbonyl (C=O) groups is 1. The first kappa shape index (κ1) is 34.3. The topological polar surface area (TPSA) is 127 Å². The number of fused-ring (bicyclic) bond motifs is 1. The van der Waals surface area contributed by atoms with Gasteiger partial charge in [0.25, 0.3) is 5.56 Å². The summed E-state index contributed by atoms with van der Waals surface area (Å²) < 4.78 is 8.43. The zero-order chi connectivity index (χ0) is 34.9. The Morgan fingerprint density at radius 2 is 1.69 bits per heavy atom. The quantitative estimate of drug-likeness (QED) is 0.208. The Bertz CT molecular complexity index is 2040. The van der Waals surface area contributed by atoms with Gasteiger partial charge in [0.15, 0.2) is 5.52 Å². The van der Waals surface area contributed by atoms with Crippen molar-refractivity contribution in [3.8, 4) is 22.4 Å². The van der Waals surface area contributed by atoms with Gasteiger partial charge in [0.1, 0.15) is 11.1 Å². The predicted octanol–water partition coefficient (Wildman–Crippen LogP) is 5.87. The van der Waals surface area contributed by atoms with Gasteiger partial charge in [-0.2, -0.15) is 5.10 Å². The first-order chi connectivity index (χ1) is 23.3. The highest BCUT2D eigenvalue weighted by molar-refractivity contribution is 6.31. The second-order valence-corrected chi connectivity index (χ2v) is 14.3. The monoisotopic (exact) mass is 683 g/mol. The molecular weight excluding hydrogens is 642 g/mol. The number of aryl methyl sites for hydroxylation is 2.